The van der Waals surface area contributed by atoms with Crippen molar-refractivity contribution >= 4 is 0 Å². The molecule has 0 fully saturated rings. The van der Waals surface area contributed by atoms with Gasteiger partial charge in [-0.05, 0) is 18.2 Å². The average molecular weight is 262 g/mol. The van der Waals surface area contributed by atoms with Gasteiger partial charge in [0.15, 0.2) is 0 Å². The number of hydrogen-bond donors (Lipinski definition) is 1. The number of rotatable bonds is 6. The largest absolute Gasteiger partial charge is 0.497 e. The summed E-state index contributed by atoms with van der Waals surface area (Å²) in [5.74, 6) is 2.23. The molecule has 2 rings (SSSR count). The zero-order valence-corrected chi connectivity index (χ0v) is 11.1. The lowest BCUT2D eigenvalue weighted by Gasteiger charge is -2.17. The number of hydrogen-bond acceptors (Lipinski definition) is 4. The second-order valence-corrected chi connectivity index (χ2v) is 4.27. The molecule has 4 nitrogen and oxygen atoms in total. The van der Waals surface area contributed by atoms with E-state index in [2.05, 4.69) is 0 Å². The van der Waals surface area contributed by atoms with Gasteiger partial charge >= 0.3 is 0 Å². The van der Waals surface area contributed by atoms with Crippen LogP contribution in [0.5, 0.6) is 11.5 Å². The van der Waals surface area contributed by atoms with Crippen molar-refractivity contribution in [2.45, 2.75) is 12.3 Å². The molecule has 19 heavy (non-hydrogen) atoms. The van der Waals surface area contributed by atoms with Gasteiger partial charge in [0.05, 0.1) is 27.1 Å². The van der Waals surface area contributed by atoms with Gasteiger partial charge in [-0.15, -0.1) is 0 Å². The summed E-state index contributed by atoms with van der Waals surface area (Å²) in [6.07, 6.45) is 2.27. The fourth-order valence-corrected chi connectivity index (χ4v) is 2.10. The average Bonchev–Trinajstić information content (AvgIpc) is 2.97. The Labute approximate surface area is 112 Å². The maximum Gasteiger partial charge on any atom is 0.126 e. The Bertz CT molecular complexity index is 505. The summed E-state index contributed by atoms with van der Waals surface area (Å²) in [5.41, 5.74) is 0.946. The zero-order chi connectivity index (χ0) is 13.7. The third-order valence-corrected chi connectivity index (χ3v) is 3.13. The van der Waals surface area contributed by atoms with Gasteiger partial charge in [0, 0.05) is 24.0 Å². The third-order valence-electron chi connectivity index (χ3n) is 3.13. The van der Waals surface area contributed by atoms with E-state index in [-0.39, 0.29) is 12.5 Å². The molecule has 1 unspecified atom stereocenters. The number of ether oxygens (including phenoxy) is 2. The quantitative estimate of drug-likeness (QED) is 0.869. The van der Waals surface area contributed by atoms with E-state index in [1.807, 2.05) is 30.3 Å². The van der Waals surface area contributed by atoms with Gasteiger partial charge in [-0.25, -0.2) is 0 Å². The minimum atomic E-state index is -0.0630. The van der Waals surface area contributed by atoms with E-state index in [0.29, 0.717) is 12.2 Å². The van der Waals surface area contributed by atoms with Gasteiger partial charge < -0.3 is 19.0 Å². The van der Waals surface area contributed by atoms with E-state index in [1.54, 1.807) is 20.5 Å². The van der Waals surface area contributed by atoms with Gasteiger partial charge in [0.1, 0.15) is 17.3 Å². The monoisotopic (exact) mass is 262 g/mol. The number of methoxy groups -OCH3 is 2. The van der Waals surface area contributed by atoms with E-state index in [4.69, 9.17) is 13.9 Å². The van der Waals surface area contributed by atoms with Crippen molar-refractivity contribution < 1.29 is 19.0 Å². The Morgan fingerprint density at radius 1 is 1.21 bits per heavy atom. The molecular weight excluding hydrogens is 244 g/mol. The lowest BCUT2D eigenvalue weighted by molar-refractivity contribution is 0.255. The summed E-state index contributed by atoms with van der Waals surface area (Å²) in [6, 6.07) is 9.35. The summed E-state index contributed by atoms with van der Waals surface area (Å²) >= 11 is 0. The molecule has 4 heteroatoms. The number of benzene rings is 1. The van der Waals surface area contributed by atoms with E-state index in [1.165, 1.54) is 0 Å². The van der Waals surface area contributed by atoms with Crippen molar-refractivity contribution in [2.75, 3.05) is 20.8 Å². The number of furan rings is 1. The second kappa shape index (κ2) is 6.29. The van der Waals surface area contributed by atoms with Crippen LogP contribution in [-0.4, -0.2) is 25.9 Å². The number of aliphatic hydroxyl groups is 1. The fourth-order valence-electron chi connectivity index (χ4n) is 2.10. The van der Waals surface area contributed by atoms with Gasteiger partial charge in [-0.3, -0.25) is 0 Å². The molecule has 1 aromatic carbocycles. The molecule has 1 heterocycles. The first-order chi connectivity index (χ1) is 9.28. The molecule has 0 saturated heterocycles. The summed E-state index contributed by atoms with van der Waals surface area (Å²) in [5, 5.41) is 9.60. The lowest BCUT2D eigenvalue weighted by Crippen LogP contribution is -2.09. The molecule has 0 amide bonds. The first kappa shape index (κ1) is 13.5. The van der Waals surface area contributed by atoms with Crippen molar-refractivity contribution in [3.8, 4) is 11.5 Å². The first-order valence-electron chi connectivity index (χ1n) is 6.13. The van der Waals surface area contributed by atoms with E-state index in [9.17, 15) is 5.11 Å². The van der Waals surface area contributed by atoms with Crippen molar-refractivity contribution in [3.63, 3.8) is 0 Å². The van der Waals surface area contributed by atoms with Gasteiger partial charge in [0.2, 0.25) is 0 Å². The van der Waals surface area contributed by atoms with Crippen LogP contribution in [0.4, 0.5) is 0 Å². The molecule has 1 atom stereocenters. The molecule has 0 saturated carbocycles. The predicted molar refractivity (Wildman–Crippen MR) is 71.8 cm³/mol. The topological polar surface area (TPSA) is 51.8 Å². The van der Waals surface area contributed by atoms with Crippen LogP contribution in [0.1, 0.15) is 17.2 Å². The minimum Gasteiger partial charge on any atom is -0.497 e. The van der Waals surface area contributed by atoms with Crippen LogP contribution in [-0.2, 0) is 6.42 Å². The Hall–Kier alpha value is -1.94. The van der Waals surface area contributed by atoms with Crippen molar-refractivity contribution in [1.82, 2.24) is 0 Å². The molecule has 0 bridgehead atoms. The smallest absolute Gasteiger partial charge is 0.126 e. The highest BCUT2D eigenvalue weighted by Gasteiger charge is 2.18. The number of aliphatic hydroxyl groups excluding tert-OH is 1. The van der Waals surface area contributed by atoms with Crippen molar-refractivity contribution in [1.29, 1.82) is 0 Å². The molecule has 0 aliphatic heterocycles. The minimum absolute atomic E-state index is 0.0311. The summed E-state index contributed by atoms with van der Waals surface area (Å²) in [4.78, 5) is 0. The summed E-state index contributed by atoms with van der Waals surface area (Å²) in [6.45, 7) is 0.0311. The molecule has 2 aromatic rings. The van der Waals surface area contributed by atoms with Crippen LogP contribution in [0.3, 0.4) is 0 Å². The Morgan fingerprint density at radius 3 is 2.63 bits per heavy atom. The van der Waals surface area contributed by atoms with Crippen LogP contribution in [0.25, 0.3) is 0 Å². The van der Waals surface area contributed by atoms with Gasteiger partial charge in [-0.2, -0.15) is 0 Å². The van der Waals surface area contributed by atoms with E-state index < -0.39 is 0 Å². The van der Waals surface area contributed by atoms with Gasteiger partial charge in [0.25, 0.3) is 0 Å². The maximum absolute atomic E-state index is 9.60. The Kier molecular flexibility index (Phi) is 4.47. The predicted octanol–water partition coefficient (Wildman–Crippen LogP) is 2.62. The Balaban J connectivity index is 2.26. The van der Waals surface area contributed by atoms with E-state index in [0.717, 1.165) is 17.1 Å². The summed E-state index contributed by atoms with van der Waals surface area (Å²) < 4.78 is 15.9. The van der Waals surface area contributed by atoms with Crippen LogP contribution in [0, 0.1) is 0 Å². The van der Waals surface area contributed by atoms with Gasteiger partial charge in [-0.1, -0.05) is 6.07 Å². The maximum atomic E-state index is 9.60. The molecule has 0 aliphatic carbocycles. The first-order valence-corrected chi connectivity index (χ1v) is 6.13. The fraction of sp³-hybridized carbons (Fsp3) is 0.333. The van der Waals surface area contributed by atoms with Crippen LogP contribution in [0.15, 0.2) is 41.0 Å². The van der Waals surface area contributed by atoms with Crippen molar-refractivity contribution in [2.24, 2.45) is 0 Å². The standard InChI is InChI=1S/C15H18O4/c1-17-12-5-6-14(15(9-12)18-2)11(10-16)8-13-4-3-7-19-13/h3-7,9,11,16H,8,10H2,1-2H3. The SMILES string of the molecule is COc1ccc(C(CO)Cc2ccco2)c(OC)c1. The second-order valence-electron chi connectivity index (χ2n) is 4.27. The van der Waals surface area contributed by atoms with Crippen LogP contribution >= 0.6 is 0 Å². The molecule has 1 N–H and O–H groups in total. The zero-order valence-electron chi connectivity index (χ0n) is 11.1. The molecule has 0 radical (unpaired) electrons. The highest BCUT2D eigenvalue weighted by molar-refractivity contribution is 5.43. The molecule has 0 spiro atoms. The molecule has 1 aromatic heterocycles. The lowest BCUT2D eigenvalue weighted by atomic mass is 9.94. The normalized spacial score (nSPS) is 12.2. The highest BCUT2D eigenvalue weighted by atomic mass is 16.5. The summed E-state index contributed by atoms with van der Waals surface area (Å²) in [7, 11) is 3.22. The molecule has 102 valence electrons. The van der Waals surface area contributed by atoms with E-state index >= 15 is 0 Å². The van der Waals surface area contributed by atoms with Crippen molar-refractivity contribution in [3.05, 3.63) is 47.9 Å². The van der Waals surface area contributed by atoms with Crippen LogP contribution < -0.4 is 9.47 Å². The Morgan fingerprint density at radius 2 is 2.05 bits per heavy atom. The molecule has 0 aliphatic rings. The third kappa shape index (κ3) is 3.09. The van der Waals surface area contributed by atoms with Crippen LogP contribution in [0.2, 0.25) is 0 Å². The molecular formula is C15H18O4. The highest BCUT2D eigenvalue weighted by Crippen LogP contribution is 2.32.